The molecule has 6 rings (SSSR count). The van der Waals surface area contributed by atoms with Crippen LogP contribution in [0.5, 0.6) is 0 Å². The third kappa shape index (κ3) is 4.60. The number of pyridine rings is 1. The van der Waals surface area contributed by atoms with E-state index < -0.39 is 12.0 Å². The van der Waals surface area contributed by atoms with E-state index in [0.717, 1.165) is 17.0 Å². The molecule has 200 valence electrons. The predicted molar refractivity (Wildman–Crippen MR) is 147 cm³/mol. The SMILES string of the molecule is NC(=O)c1cn(-c2ccc(Cl)cc2-c2cc3n(c(=O)c2)[C@H](c2ncc(-c4ccc(NC(=O)O)cc4)[nH]2)CC3)nn1. The second-order valence-corrected chi connectivity index (χ2v) is 9.70. The van der Waals surface area contributed by atoms with Crippen molar-refractivity contribution in [2.24, 2.45) is 5.73 Å². The first kappa shape index (κ1) is 25.1. The molecule has 1 aliphatic rings. The van der Waals surface area contributed by atoms with E-state index in [1.165, 1.54) is 10.9 Å². The molecule has 40 heavy (non-hydrogen) atoms. The van der Waals surface area contributed by atoms with Crippen LogP contribution in [-0.4, -0.2) is 46.6 Å². The first-order chi connectivity index (χ1) is 19.3. The lowest BCUT2D eigenvalue weighted by molar-refractivity contribution is 0.0995. The van der Waals surface area contributed by atoms with Gasteiger partial charge in [-0.15, -0.1) is 5.10 Å². The fraction of sp³-hybridized carbons (Fsp3) is 0.111. The smallest absolute Gasteiger partial charge is 0.409 e. The van der Waals surface area contributed by atoms with Crippen LogP contribution in [0.15, 0.2) is 71.8 Å². The molecule has 0 unspecified atom stereocenters. The van der Waals surface area contributed by atoms with Gasteiger partial charge < -0.3 is 20.4 Å². The number of hydrogen-bond donors (Lipinski definition) is 4. The molecule has 5 N–H and O–H groups in total. The minimum atomic E-state index is -1.13. The van der Waals surface area contributed by atoms with Gasteiger partial charge in [-0.3, -0.25) is 14.9 Å². The van der Waals surface area contributed by atoms with Gasteiger partial charge in [0.2, 0.25) is 0 Å². The van der Waals surface area contributed by atoms with Gasteiger partial charge in [0, 0.05) is 28.0 Å². The highest BCUT2D eigenvalue weighted by molar-refractivity contribution is 6.31. The van der Waals surface area contributed by atoms with E-state index in [4.69, 9.17) is 22.4 Å². The number of imidazole rings is 1. The highest BCUT2D eigenvalue weighted by Crippen LogP contribution is 2.34. The van der Waals surface area contributed by atoms with Gasteiger partial charge in [0.25, 0.3) is 11.5 Å². The molecule has 4 heterocycles. The highest BCUT2D eigenvalue weighted by Gasteiger charge is 2.28. The fourth-order valence-corrected chi connectivity index (χ4v) is 5.12. The quantitative estimate of drug-likeness (QED) is 0.245. The Labute approximate surface area is 231 Å². The number of anilines is 1. The summed E-state index contributed by atoms with van der Waals surface area (Å²) in [7, 11) is 0. The number of fused-ring (bicyclic) bond motifs is 1. The number of amides is 2. The number of hydrogen-bond acceptors (Lipinski definition) is 6. The number of carbonyl (C=O) groups excluding carboxylic acids is 1. The normalized spacial score (nSPS) is 14.2. The van der Waals surface area contributed by atoms with Crippen molar-refractivity contribution in [3.05, 3.63) is 99.6 Å². The van der Waals surface area contributed by atoms with E-state index in [2.05, 4.69) is 25.6 Å². The monoisotopic (exact) mass is 556 g/mol. The molecule has 0 spiro atoms. The average Bonchev–Trinajstić information content (AvgIpc) is 3.68. The fourth-order valence-electron chi connectivity index (χ4n) is 4.95. The lowest BCUT2D eigenvalue weighted by atomic mass is 10.0. The lowest BCUT2D eigenvalue weighted by Crippen LogP contribution is -2.23. The number of primary amides is 1. The summed E-state index contributed by atoms with van der Waals surface area (Å²) in [5.74, 6) is -0.0433. The van der Waals surface area contributed by atoms with Crippen molar-refractivity contribution in [2.45, 2.75) is 18.9 Å². The molecule has 5 aromatic rings. The molecule has 0 radical (unpaired) electrons. The topological polar surface area (TPSA) is 174 Å². The second kappa shape index (κ2) is 9.82. The van der Waals surface area contributed by atoms with Crippen LogP contribution in [0.25, 0.3) is 28.1 Å². The zero-order chi connectivity index (χ0) is 28.0. The number of halogens is 1. The molecule has 0 saturated carbocycles. The number of aryl methyl sites for hydroxylation is 1. The maximum atomic E-state index is 13.5. The molecule has 3 aromatic heterocycles. The summed E-state index contributed by atoms with van der Waals surface area (Å²) in [5, 5.41) is 19.5. The number of aromatic nitrogens is 6. The van der Waals surface area contributed by atoms with Gasteiger partial charge in [-0.25, -0.2) is 14.5 Å². The predicted octanol–water partition coefficient (Wildman–Crippen LogP) is 3.86. The first-order valence-electron chi connectivity index (χ1n) is 12.2. The molecule has 1 aliphatic heterocycles. The summed E-state index contributed by atoms with van der Waals surface area (Å²) < 4.78 is 3.16. The molecular weight excluding hydrogens is 536 g/mol. The van der Waals surface area contributed by atoms with E-state index in [1.54, 1.807) is 59.3 Å². The van der Waals surface area contributed by atoms with Gasteiger partial charge >= 0.3 is 6.09 Å². The number of carbonyl (C=O) groups is 2. The summed E-state index contributed by atoms with van der Waals surface area (Å²) in [6.45, 7) is 0. The van der Waals surface area contributed by atoms with E-state index in [0.29, 0.717) is 46.2 Å². The Morgan fingerprint density at radius 1 is 1.10 bits per heavy atom. The van der Waals surface area contributed by atoms with Crippen LogP contribution in [0.3, 0.4) is 0 Å². The largest absolute Gasteiger partial charge is 0.465 e. The van der Waals surface area contributed by atoms with E-state index in [-0.39, 0.29) is 17.3 Å². The molecule has 12 nitrogen and oxygen atoms in total. The Bertz CT molecular complexity index is 1840. The number of nitrogens with two attached hydrogens (primary N) is 1. The van der Waals surface area contributed by atoms with Crippen molar-refractivity contribution in [1.82, 2.24) is 29.5 Å². The number of H-pyrrole nitrogens is 1. The van der Waals surface area contributed by atoms with E-state index in [9.17, 15) is 14.4 Å². The van der Waals surface area contributed by atoms with Crippen molar-refractivity contribution in [1.29, 1.82) is 0 Å². The standard InChI is InChI=1S/C27H21ClN8O4/c28-16-3-7-22(35-13-21(25(29)38)33-34-35)19(11-16)15-9-18-6-8-23(36(18)24(37)10-15)26-30-12-20(32-26)14-1-4-17(5-2-14)31-27(39)40/h1-5,7,9-13,23,31H,6,8H2,(H2,29,38)(H,30,32)(H,39,40)/t23-/m0/s1. The van der Waals surface area contributed by atoms with Crippen LogP contribution in [0.2, 0.25) is 5.02 Å². The van der Waals surface area contributed by atoms with Crippen LogP contribution in [0, 0.1) is 0 Å². The number of rotatable bonds is 6. The Kier molecular flexibility index (Phi) is 6.15. The summed E-state index contributed by atoms with van der Waals surface area (Å²) in [4.78, 5) is 43.7. The number of nitrogens with one attached hydrogen (secondary N) is 2. The number of nitrogens with zero attached hydrogens (tertiary/aromatic N) is 5. The van der Waals surface area contributed by atoms with Crippen molar-refractivity contribution in [3.63, 3.8) is 0 Å². The minimum absolute atomic E-state index is 0.0171. The maximum absolute atomic E-state index is 13.5. The highest BCUT2D eigenvalue weighted by atomic mass is 35.5. The zero-order valence-corrected chi connectivity index (χ0v) is 21.5. The molecular formula is C27H21ClN8O4. The van der Waals surface area contributed by atoms with Gasteiger partial charge in [-0.05, 0) is 60.4 Å². The van der Waals surface area contributed by atoms with Crippen LogP contribution in [0.4, 0.5) is 10.5 Å². The number of aromatic amines is 1. The van der Waals surface area contributed by atoms with Crippen LogP contribution in [-0.2, 0) is 6.42 Å². The average molecular weight is 557 g/mol. The summed E-state index contributed by atoms with van der Waals surface area (Å²) >= 11 is 6.31. The van der Waals surface area contributed by atoms with Gasteiger partial charge in [0.05, 0.1) is 29.8 Å². The van der Waals surface area contributed by atoms with Crippen LogP contribution in [0.1, 0.15) is 34.5 Å². The van der Waals surface area contributed by atoms with Crippen molar-refractivity contribution in [3.8, 4) is 28.1 Å². The van der Waals surface area contributed by atoms with Crippen LogP contribution >= 0.6 is 11.6 Å². The van der Waals surface area contributed by atoms with Gasteiger partial charge in [-0.2, -0.15) is 0 Å². The molecule has 0 bridgehead atoms. The Morgan fingerprint density at radius 2 is 1.90 bits per heavy atom. The molecule has 1 atom stereocenters. The van der Waals surface area contributed by atoms with Gasteiger partial charge in [-0.1, -0.05) is 28.9 Å². The summed E-state index contributed by atoms with van der Waals surface area (Å²) in [6.07, 6.45) is 3.33. The van der Waals surface area contributed by atoms with Crippen molar-refractivity contribution >= 4 is 29.3 Å². The Balaban J connectivity index is 1.32. The van der Waals surface area contributed by atoms with E-state index >= 15 is 0 Å². The van der Waals surface area contributed by atoms with Crippen molar-refractivity contribution < 1.29 is 14.7 Å². The molecule has 2 aromatic carbocycles. The molecule has 0 fully saturated rings. The lowest BCUT2D eigenvalue weighted by Gasteiger charge is -2.15. The van der Waals surface area contributed by atoms with Gasteiger partial charge in [0.1, 0.15) is 5.82 Å². The zero-order valence-electron chi connectivity index (χ0n) is 20.7. The van der Waals surface area contributed by atoms with E-state index in [1.807, 2.05) is 6.07 Å². The molecule has 13 heteroatoms. The van der Waals surface area contributed by atoms with Gasteiger partial charge in [0.15, 0.2) is 5.69 Å². The summed E-state index contributed by atoms with van der Waals surface area (Å²) in [6, 6.07) is 15.3. The maximum Gasteiger partial charge on any atom is 0.409 e. The molecule has 2 amide bonds. The summed E-state index contributed by atoms with van der Waals surface area (Å²) in [5.41, 5.74) is 9.93. The first-order valence-corrected chi connectivity index (χ1v) is 12.6. The number of carboxylic acid groups (broad SMARTS) is 1. The van der Waals surface area contributed by atoms with Crippen LogP contribution < -0.4 is 16.6 Å². The third-order valence-electron chi connectivity index (χ3n) is 6.75. The Morgan fingerprint density at radius 3 is 2.62 bits per heavy atom. The number of benzene rings is 2. The third-order valence-corrected chi connectivity index (χ3v) is 6.99. The molecule has 0 saturated heterocycles. The van der Waals surface area contributed by atoms with Crippen molar-refractivity contribution in [2.75, 3.05) is 5.32 Å². The minimum Gasteiger partial charge on any atom is -0.465 e. The Hall–Kier alpha value is -5.23. The molecule has 0 aliphatic carbocycles. The second-order valence-electron chi connectivity index (χ2n) is 9.26.